The van der Waals surface area contributed by atoms with Crippen molar-refractivity contribution in [2.24, 2.45) is 0 Å². The Morgan fingerprint density at radius 1 is 1.25 bits per heavy atom. The second-order valence-corrected chi connectivity index (χ2v) is 4.15. The summed E-state index contributed by atoms with van der Waals surface area (Å²) in [5.41, 5.74) is 0.895. The average Bonchev–Trinajstić information content (AvgIpc) is 2.47. The molecule has 0 aromatic heterocycles. The highest BCUT2D eigenvalue weighted by Gasteiger charge is 2.14. The summed E-state index contributed by atoms with van der Waals surface area (Å²) in [6.07, 6.45) is 0.890. The number of nitro benzene ring substituents is 1. The Balaban J connectivity index is 2.30. The first kappa shape index (κ1) is 13.6. The van der Waals surface area contributed by atoms with Crippen molar-refractivity contribution in [3.63, 3.8) is 0 Å². The van der Waals surface area contributed by atoms with Crippen molar-refractivity contribution in [1.82, 2.24) is 0 Å². The fourth-order valence-corrected chi connectivity index (χ4v) is 1.79. The molecule has 0 fully saturated rings. The number of nitriles is 1. The molecule has 0 N–H and O–H groups in total. The molecule has 20 heavy (non-hydrogen) atoms. The van der Waals surface area contributed by atoms with E-state index in [2.05, 4.69) is 0 Å². The lowest BCUT2D eigenvalue weighted by molar-refractivity contribution is -0.385. The molecule has 100 valence electrons. The van der Waals surface area contributed by atoms with Gasteiger partial charge >= 0.3 is 0 Å². The molecule has 0 aliphatic heterocycles. The van der Waals surface area contributed by atoms with E-state index >= 15 is 0 Å². The van der Waals surface area contributed by atoms with Crippen molar-refractivity contribution >= 4 is 5.69 Å². The molecule has 0 saturated heterocycles. The summed E-state index contributed by atoms with van der Waals surface area (Å²) in [6, 6.07) is 13.5. The first-order chi connectivity index (χ1) is 9.63. The third-order valence-corrected chi connectivity index (χ3v) is 2.83. The first-order valence-electron chi connectivity index (χ1n) is 6.09. The molecular formula is C15H12N2O3. The van der Waals surface area contributed by atoms with Gasteiger partial charge in [-0.15, -0.1) is 0 Å². The second kappa shape index (κ2) is 5.85. The highest BCUT2D eigenvalue weighted by atomic mass is 16.6. The van der Waals surface area contributed by atoms with E-state index in [4.69, 9.17) is 10.00 Å². The predicted molar refractivity (Wildman–Crippen MR) is 73.7 cm³/mol. The maximum Gasteiger partial charge on any atom is 0.287 e. The van der Waals surface area contributed by atoms with Gasteiger partial charge in [-0.3, -0.25) is 10.1 Å². The number of rotatable bonds is 4. The second-order valence-electron chi connectivity index (χ2n) is 4.15. The maximum atomic E-state index is 10.7. The lowest BCUT2D eigenvalue weighted by Gasteiger charge is -2.07. The molecule has 5 nitrogen and oxygen atoms in total. The highest BCUT2D eigenvalue weighted by Crippen LogP contribution is 2.27. The summed E-state index contributed by atoms with van der Waals surface area (Å²) < 4.78 is 5.62. The van der Waals surface area contributed by atoms with Crippen LogP contribution in [0.15, 0.2) is 42.5 Å². The summed E-state index contributed by atoms with van der Waals surface area (Å²) >= 11 is 0. The van der Waals surface area contributed by atoms with E-state index in [-0.39, 0.29) is 11.3 Å². The van der Waals surface area contributed by atoms with Crippen LogP contribution < -0.4 is 4.74 Å². The smallest absolute Gasteiger partial charge is 0.287 e. The zero-order chi connectivity index (χ0) is 14.5. The number of nitro groups is 1. The largest absolute Gasteiger partial charge is 0.457 e. The Hall–Kier alpha value is -2.87. The molecule has 0 aliphatic rings. The molecule has 0 aliphatic carbocycles. The van der Waals surface area contributed by atoms with Gasteiger partial charge in [0.2, 0.25) is 0 Å². The van der Waals surface area contributed by atoms with Crippen molar-refractivity contribution in [2.75, 3.05) is 0 Å². The van der Waals surface area contributed by atoms with Crippen LogP contribution in [0.1, 0.15) is 18.1 Å². The van der Waals surface area contributed by atoms with E-state index in [1.54, 1.807) is 12.1 Å². The minimum absolute atomic E-state index is 0.0147. The van der Waals surface area contributed by atoms with Gasteiger partial charge in [0.1, 0.15) is 23.1 Å². The van der Waals surface area contributed by atoms with E-state index in [0.29, 0.717) is 11.5 Å². The Morgan fingerprint density at radius 3 is 2.65 bits per heavy atom. The third-order valence-electron chi connectivity index (χ3n) is 2.83. The van der Waals surface area contributed by atoms with Crippen LogP contribution in [0.3, 0.4) is 0 Å². The minimum atomic E-state index is -0.583. The van der Waals surface area contributed by atoms with Crippen LogP contribution in [0.4, 0.5) is 5.69 Å². The molecule has 0 saturated carbocycles. The van der Waals surface area contributed by atoms with Crippen LogP contribution >= 0.6 is 0 Å². The van der Waals surface area contributed by atoms with Crippen LogP contribution in [0, 0.1) is 21.4 Å². The normalized spacial score (nSPS) is 9.80. The van der Waals surface area contributed by atoms with Crippen molar-refractivity contribution in [2.45, 2.75) is 13.3 Å². The zero-order valence-electron chi connectivity index (χ0n) is 10.9. The lowest BCUT2D eigenvalue weighted by Crippen LogP contribution is -1.93. The van der Waals surface area contributed by atoms with Gasteiger partial charge in [-0.2, -0.15) is 5.26 Å². The van der Waals surface area contributed by atoms with E-state index in [1.165, 1.54) is 18.2 Å². The fourth-order valence-electron chi connectivity index (χ4n) is 1.79. The molecule has 0 unspecified atom stereocenters. The van der Waals surface area contributed by atoms with E-state index < -0.39 is 4.92 Å². The van der Waals surface area contributed by atoms with Gasteiger partial charge in [0.15, 0.2) is 0 Å². The molecule has 5 heteroatoms. The van der Waals surface area contributed by atoms with Crippen LogP contribution in [-0.2, 0) is 6.42 Å². The number of aryl methyl sites for hydroxylation is 1. The van der Waals surface area contributed by atoms with Gasteiger partial charge in [0, 0.05) is 12.1 Å². The molecule has 0 heterocycles. The van der Waals surface area contributed by atoms with Crippen LogP contribution in [-0.4, -0.2) is 4.92 Å². The van der Waals surface area contributed by atoms with Crippen LogP contribution in [0.2, 0.25) is 0 Å². The highest BCUT2D eigenvalue weighted by molar-refractivity contribution is 5.52. The fraction of sp³-hybridized carbons (Fsp3) is 0.133. The minimum Gasteiger partial charge on any atom is -0.457 e. The third kappa shape index (κ3) is 2.93. The van der Waals surface area contributed by atoms with Crippen LogP contribution in [0.5, 0.6) is 11.5 Å². The molecule has 0 spiro atoms. The first-order valence-corrected chi connectivity index (χ1v) is 6.09. The molecule has 2 aromatic rings. The number of nitrogens with zero attached hydrogens (tertiary/aromatic N) is 2. The topological polar surface area (TPSA) is 76.2 Å². The summed E-state index contributed by atoms with van der Waals surface area (Å²) in [6.45, 7) is 2.04. The molecule has 0 atom stereocenters. The molecule has 0 amide bonds. The molecule has 2 aromatic carbocycles. The van der Waals surface area contributed by atoms with Gasteiger partial charge in [-0.1, -0.05) is 19.1 Å². The summed E-state index contributed by atoms with van der Waals surface area (Å²) in [7, 11) is 0. The number of hydrogen-bond donors (Lipinski definition) is 0. The van der Waals surface area contributed by atoms with E-state index in [0.717, 1.165) is 12.0 Å². The molecule has 0 radical (unpaired) electrons. The lowest BCUT2D eigenvalue weighted by atomic mass is 10.1. The van der Waals surface area contributed by atoms with Crippen LogP contribution in [0.25, 0.3) is 0 Å². The standard InChI is InChI=1S/C15H12N2O3/c1-2-11-4-3-5-13(8-11)20-14-6-7-15(17(18)19)12(9-14)10-16/h3-9H,2H2,1H3. The van der Waals surface area contributed by atoms with Gasteiger partial charge in [-0.25, -0.2) is 0 Å². The van der Waals surface area contributed by atoms with Gasteiger partial charge in [-0.05, 0) is 30.2 Å². The van der Waals surface area contributed by atoms with Gasteiger partial charge < -0.3 is 4.74 Å². The SMILES string of the molecule is CCc1cccc(Oc2ccc([N+](=O)[O-])c(C#N)c2)c1. The maximum absolute atomic E-state index is 10.7. The Labute approximate surface area is 116 Å². The summed E-state index contributed by atoms with van der Waals surface area (Å²) in [5.74, 6) is 1.04. The molecular weight excluding hydrogens is 256 g/mol. The zero-order valence-corrected chi connectivity index (χ0v) is 10.9. The predicted octanol–water partition coefficient (Wildman–Crippen LogP) is 3.82. The average molecular weight is 268 g/mol. The number of benzene rings is 2. The van der Waals surface area contributed by atoms with E-state index in [1.807, 2.05) is 25.1 Å². The Morgan fingerprint density at radius 2 is 2.00 bits per heavy atom. The van der Waals surface area contributed by atoms with Crippen molar-refractivity contribution in [1.29, 1.82) is 5.26 Å². The quantitative estimate of drug-likeness (QED) is 0.623. The van der Waals surface area contributed by atoms with E-state index in [9.17, 15) is 10.1 Å². The number of hydrogen-bond acceptors (Lipinski definition) is 4. The number of ether oxygens (including phenoxy) is 1. The van der Waals surface area contributed by atoms with Gasteiger partial charge in [0.25, 0.3) is 5.69 Å². The molecule has 2 rings (SSSR count). The Bertz CT molecular complexity index is 690. The van der Waals surface area contributed by atoms with Gasteiger partial charge in [0.05, 0.1) is 4.92 Å². The Kier molecular flexibility index (Phi) is 3.96. The van der Waals surface area contributed by atoms with Crippen molar-refractivity contribution < 1.29 is 9.66 Å². The summed E-state index contributed by atoms with van der Waals surface area (Å²) in [4.78, 5) is 10.2. The molecule has 0 bridgehead atoms. The monoisotopic (exact) mass is 268 g/mol. The van der Waals surface area contributed by atoms with Crippen molar-refractivity contribution in [3.8, 4) is 17.6 Å². The van der Waals surface area contributed by atoms with Crippen molar-refractivity contribution in [3.05, 3.63) is 63.7 Å². The summed E-state index contributed by atoms with van der Waals surface area (Å²) in [5, 5.41) is 19.7.